The molecular weight excluding hydrogens is 389 g/mol. The second kappa shape index (κ2) is 6.99. The third-order valence-corrected chi connectivity index (χ3v) is 5.28. The molecule has 0 aliphatic rings. The van der Waals surface area contributed by atoms with E-state index in [2.05, 4.69) is 20.5 Å². The number of anilines is 1. The van der Waals surface area contributed by atoms with Crippen molar-refractivity contribution >= 4 is 27.9 Å². The van der Waals surface area contributed by atoms with Crippen LogP contribution in [0.25, 0.3) is 27.5 Å². The van der Waals surface area contributed by atoms with E-state index in [0.717, 1.165) is 21.8 Å². The van der Waals surface area contributed by atoms with Crippen molar-refractivity contribution in [1.82, 2.24) is 19.6 Å². The lowest BCUT2D eigenvalue weighted by molar-refractivity contribution is 0.102. The van der Waals surface area contributed by atoms with E-state index in [-0.39, 0.29) is 11.7 Å². The second-order valence-corrected chi connectivity index (χ2v) is 7.27. The zero-order valence-corrected chi connectivity index (χ0v) is 15.8. The summed E-state index contributed by atoms with van der Waals surface area (Å²) in [6.07, 6.45) is 3.87. The summed E-state index contributed by atoms with van der Waals surface area (Å²) in [5, 5.41) is 11.8. The normalized spacial score (nSPS) is 11.1. The molecule has 0 radical (unpaired) electrons. The number of carbonyl (C=O) groups excluding carboxylic acids is 1. The number of thiazole rings is 1. The Bertz CT molecular complexity index is 1290. The van der Waals surface area contributed by atoms with Crippen molar-refractivity contribution in [3.8, 4) is 22.5 Å². The SMILES string of the molecule is O=C(Nc1ccccc1-c1cn2ccsc2n1)c1cc(-c2ccc(F)cc2)n[nH]1. The lowest BCUT2D eigenvalue weighted by Gasteiger charge is -2.08. The third-order valence-electron chi connectivity index (χ3n) is 4.51. The molecule has 2 aromatic carbocycles. The van der Waals surface area contributed by atoms with E-state index < -0.39 is 0 Å². The first-order chi connectivity index (χ1) is 14.2. The van der Waals surface area contributed by atoms with Crippen molar-refractivity contribution in [2.75, 3.05) is 5.32 Å². The number of aromatic nitrogens is 4. The van der Waals surface area contributed by atoms with Crippen LogP contribution >= 0.6 is 11.3 Å². The average molecular weight is 403 g/mol. The highest BCUT2D eigenvalue weighted by atomic mass is 32.1. The van der Waals surface area contributed by atoms with Gasteiger partial charge in [0.1, 0.15) is 11.5 Å². The molecule has 5 rings (SSSR count). The molecule has 29 heavy (non-hydrogen) atoms. The predicted molar refractivity (Wildman–Crippen MR) is 110 cm³/mol. The molecule has 1 amide bonds. The molecule has 3 heterocycles. The molecule has 0 saturated heterocycles. The molecule has 0 unspecified atom stereocenters. The first kappa shape index (κ1) is 17.3. The maximum absolute atomic E-state index is 13.1. The molecule has 2 N–H and O–H groups in total. The number of carbonyl (C=O) groups is 1. The fourth-order valence-electron chi connectivity index (χ4n) is 3.07. The molecule has 0 spiro atoms. The topological polar surface area (TPSA) is 75.1 Å². The van der Waals surface area contributed by atoms with Gasteiger partial charge >= 0.3 is 0 Å². The summed E-state index contributed by atoms with van der Waals surface area (Å²) in [6, 6.07) is 15.1. The Morgan fingerprint density at radius 1 is 1.10 bits per heavy atom. The number of hydrogen-bond donors (Lipinski definition) is 2. The molecule has 0 fully saturated rings. The standard InChI is InChI=1S/C21H14FN5OS/c22-14-7-5-13(6-8-14)17-11-18(26-25-17)20(28)23-16-4-2-1-3-15(16)19-12-27-9-10-29-21(27)24-19/h1-12H,(H,23,28)(H,25,26). The number of amides is 1. The van der Waals surface area contributed by atoms with Gasteiger partial charge in [0.15, 0.2) is 4.96 Å². The van der Waals surface area contributed by atoms with E-state index in [0.29, 0.717) is 17.1 Å². The summed E-state index contributed by atoms with van der Waals surface area (Å²) in [5.74, 6) is -0.641. The van der Waals surface area contributed by atoms with E-state index in [1.807, 2.05) is 46.4 Å². The van der Waals surface area contributed by atoms with Crippen molar-refractivity contribution in [3.05, 3.63) is 83.9 Å². The summed E-state index contributed by atoms with van der Waals surface area (Å²) in [6.45, 7) is 0. The zero-order valence-electron chi connectivity index (χ0n) is 15.0. The number of imidazole rings is 1. The molecule has 142 valence electrons. The first-order valence-electron chi connectivity index (χ1n) is 8.82. The zero-order chi connectivity index (χ0) is 19.8. The number of fused-ring (bicyclic) bond motifs is 1. The summed E-state index contributed by atoms with van der Waals surface area (Å²) in [7, 11) is 0. The summed E-state index contributed by atoms with van der Waals surface area (Å²) in [5.41, 5.74) is 3.86. The molecule has 0 saturated carbocycles. The molecule has 0 aliphatic carbocycles. The Kier molecular flexibility index (Phi) is 4.18. The van der Waals surface area contributed by atoms with Gasteiger partial charge in [0.2, 0.25) is 0 Å². The van der Waals surface area contributed by atoms with Crippen LogP contribution in [0.4, 0.5) is 10.1 Å². The lowest BCUT2D eigenvalue weighted by Crippen LogP contribution is -2.13. The van der Waals surface area contributed by atoms with Crippen molar-refractivity contribution in [1.29, 1.82) is 0 Å². The molecule has 0 aliphatic heterocycles. The number of nitrogens with one attached hydrogen (secondary N) is 2. The number of aromatic amines is 1. The van der Waals surface area contributed by atoms with Gasteiger partial charge in [0.25, 0.3) is 5.91 Å². The number of nitrogens with zero attached hydrogens (tertiary/aromatic N) is 3. The van der Waals surface area contributed by atoms with Crippen LogP contribution in [-0.2, 0) is 0 Å². The minimum Gasteiger partial charge on any atom is -0.320 e. The maximum Gasteiger partial charge on any atom is 0.273 e. The molecular formula is C21H14FN5OS. The highest BCUT2D eigenvalue weighted by Gasteiger charge is 2.15. The van der Waals surface area contributed by atoms with Crippen molar-refractivity contribution < 1.29 is 9.18 Å². The average Bonchev–Trinajstić information content (AvgIpc) is 3.45. The monoisotopic (exact) mass is 403 g/mol. The Labute approximate surface area is 168 Å². The van der Waals surface area contributed by atoms with Gasteiger partial charge in [-0.3, -0.25) is 14.3 Å². The van der Waals surface area contributed by atoms with Gasteiger partial charge in [0.05, 0.1) is 17.1 Å². The predicted octanol–water partition coefficient (Wildman–Crippen LogP) is 4.84. The van der Waals surface area contributed by atoms with E-state index >= 15 is 0 Å². The Morgan fingerprint density at radius 3 is 2.76 bits per heavy atom. The molecule has 6 nitrogen and oxygen atoms in total. The van der Waals surface area contributed by atoms with Crippen molar-refractivity contribution in [3.63, 3.8) is 0 Å². The quantitative estimate of drug-likeness (QED) is 0.451. The maximum atomic E-state index is 13.1. The summed E-state index contributed by atoms with van der Waals surface area (Å²) >= 11 is 1.55. The van der Waals surface area contributed by atoms with Gasteiger partial charge in [-0.1, -0.05) is 18.2 Å². The number of hydrogen-bond acceptors (Lipinski definition) is 4. The summed E-state index contributed by atoms with van der Waals surface area (Å²) < 4.78 is 15.1. The van der Waals surface area contributed by atoms with Crippen LogP contribution in [0.2, 0.25) is 0 Å². The van der Waals surface area contributed by atoms with Crippen LogP contribution < -0.4 is 5.32 Å². The fourth-order valence-corrected chi connectivity index (χ4v) is 3.77. The Balaban J connectivity index is 1.42. The van der Waals surface area contributed by atoms with Crippen molar-refractivity contribution in [2.45, 2.75) is 0 Å². The van der Waals surface area contributed by atoms with E-state index in [9.17, 15) is 9.18 Å². The Hall–Kier alpha value is -3.78. The van der Waals surface area contributed by atoms with Gasteiger partial charge in [-0.05, 0) is 36.4 Å². The van der Waals surface area contributed by atoms with E-state index in [1.165, 1.54) is 12.1 Å². The van der Waals surface area contributed by atoms with Gasteiger partial charge in [-0.15, -0.1) is 11.3 Å². The van der Waals surface area contributed by atoms with E-state index in [1.54, 1.807) is 29.5 Å². The van der Waals surface area contributed by atoms with E-state index in [4.69, 9.17) is 0 Å². The number of benzene rings is 2. The minimum absolute atomic E-state index is 0.310. The summed E-state index contributed by atoms with van der Waals surface area (Å²) in [4.78, 5) is 18.3. The van der Waals surface area contributed by atoms with Gasteiger partial charge in [0, 0.05) is 28.9 Å². The molecule has 0 bridgehead atoms. The van der Waals surface area contributed by atoms with Gasteiger partial charge in [-0.25, -0.2) is 9.37 Å². The number of para-hydroxylation sites is 1. The van der Waals surface area contributed by atoms with Crippen LogP contribution in [-0.4, -0.2) is 25.5 Å². The van der Waals surface area contributed by atoms with Crippen LogP contribution in [0.1, 0.15) is 10.5 Å². The minimum atomic E-state index is -0.321. The smallest absolute Gasteiger partial charge is 0.273 e. The first-order valence-corrected chi connectivity index (χ1v) is 9.70. The molecule has 0 atom stereocenters. The highest BCUT2D eigenvalue weighted by Crippen LogP contribution is 2.29. The molecule has 5 aromatic rings. The number of rotatable bonds is 4. The van der Waals surface area contributed by atoms with Crippen LogP contribution in [0.15, 0.2) is 72.4 Å². The fraction of sp³-hybridized carbons (Fsp3) is 0. The lowest BCUT2D eigenvalue weighted by atomic mass is 10.1. The van der Waals surface area contributed by atoms with Crippen LogP contribution in [0.3, 0.4) is 0 Å². The number of halogens is 1. The van der Waals surface area contributed by atoms with Crippen LogP contribution in [0.5, 0.6) is 0 Å². The highest BCUT2D eigenvalue weighted by molar-refractivity contribution is 7.15. The largest absolute Gasteiger partial charge is 0.320 e. The van der Waals surface area contributed by atoms with Crippen molar-refractivity contribution in [2.24, 2.45) is 0 Å². The Morgan fingerprint density at radius 2 is 1.93 bits per heavy atom. The van der Waals surface area contributed by atoms with Crippen LogP contribution in [0, 0.1) is 5.82 Å². The third kappa shape index (κ3) is 3.30. The molecule has 8 heteroatoms. The van der Waals surface area contributed by atoms with Gasteiger partial charge in [-0.2, -0.15) is 5.10 Å². The van der Waals surface area contributed by atoms with Gasteiger partial charge < -0.3 is 5.32 Å². The molecule has 3 aromatic heterocycles. The number of H-pyrrole nitrogens is 1. The second-order valence-electron chi connectivity index (χ2n) is 6.39.